The lowest BCUT2D eigenvalue weighted by molar-refractivity contribution is 0.1000. The summed E-state index contributed by atoms with van der Waals surface area (Å²) in [6.07, 6.45) is 0. The molecular weight excluding hydrogens is 270 g/mol. The van der Waals surface area contributed by atoms with Gasteiger partial charge < -0.3 is 19.6 Å². The fraction of sp³-hybridized carbons (Fsp3) is 0.0625. The number of para-hydroxylation sites is 1. The minimum absolute atomic E-state index is 0.136. The van der Waals surface area contributed by atoms with Gasteiger partial charge in [0.1, 0.15) is 11.3 Å². The summed E-state index contributed by atoms with van der Waals surface area (Å²) in [5.74, 6) is 1.13. The van der Waals surface area contributed by atoms with Crippen molar-refractivity contribution in [3.63, 3.8) is 0 Å². The van der Waals surface area contributed by atoms with Gasteiger partial charge in [-0.3, -0.25) is 4.79 Å². The Morgan fingerprint density at radius 1 is 1.05 bits per heavy atom. The molecule has 0 aliphatic carbocycles. The van der Waals surface area contributed by atoms with Gasteiger partial charge in [-0.05, 0) is 24.3 Å². The average molecular weight is 281 g/mol. The molecule has 2 N–H and O–H groups in total. The second kappa shape index (κ2) is 4.28. The van der Waals surface area contributed by atoms with E-state index < -0.39 is 5.91 Å². The second-order valence-corrected chi connectivity index (χ2v) is 4.76. The summed E-state index contributed by atoms with van der Waals surface area (Å²) in [6.45, 7) is 0.136. The Balaban J connectivity index is 1.96. The molecule has 4 rings (SSSR count). The third kappa shape index (κ3) is 1.82. The molecule has 1 aromatic heterocycles. The normalized spacial score (nSPS) is 12.8. The summed E-state index contributed by atoms with van der Waals surface area (Å²) in [5, 5.41) is 0.959. The molecule has 5 nitrogen and oxygen atoms in total. The van der Waals surface area contributed by atoms with Crippen molar-refractivity contribution in [1.82, 2.24) is 0 Å². The van der Waals surface area contributed by atoms with Gasteiger partial charge in [0.25, 0.3) is 0 Å². The molecule has 0 bridgehead atoms. The largest absolute Gasteiger partial charge is 0.456 e. The van der Waals surface area contributed by atoms with Crippen molar-refractivity contribution in [3.8, 4) is 22.8 Å². The highest BCUT2D eigenvalue weighted by atomic mass is 16.7. The maximum absolute atomic E-state index is 11.7. The van der Waals surface area contributed by atoms with Gasteiger partial charge in [0.2, 0.25) is 12.7 Å². The standard InChI is InChI=1S/C16H11NO4/c17-16(18)11-7-15-14(19-8-20-15)6-10(11)13-5-9-3-1-2-4-12(9)21-13/h1-7H,8H2,(H2,17,18). The van der Waals surface area contributed by atoms with E-state index in [1.165, 1.54) is 0 Å². The Labute approximate surface area is 119 Å². The predicted molar refractivity (Wildman–Crippen MR) is 76.3 cm³/mol. The molecular formula is C16H11NO4. The van der Waals surface area contributed by atoms with Crippen molar-refractivity contribution < 1.29 is 18.7 Å². The summed E-state index contributed by atoms with van der Waals surface area (Å²) in [7, 11) is 0. The number of primary amides is 1. The Morgan fingerprint density at radius 2 is 1.81 bits per heavy atom. The predicted octanol–water partition coefficient (Wildman–Crippen LogP) is 2.93. The fourth-order valence-electron chi connectivity index (χ4n) is 2.46. The van der Waals surface area contributed by atoms with Crippen molar-refractivity contribution in [2.75, 3.05) is 6.79 Å². The summed E-state index contributed by atoms with van der Waals surface area (Å²) in [4.78, 5) is 11.7. The SMILES string of the molecule is NC(=O)c1cc2c(cc1-c1cc3ccccc3o1)OCO2. The second-order valence-electron chi connectivity index (χ2n) is 4.76. The average Bonchev–Trinajstić information content (AvgIpc) is 3.11. The maximum Gasteiger partial charge on any atom is 0.249 e. The van der Waals surface area contributed by atoms with Gasteiger partial charge in [0.15, 0.2) is 11.5 Å². The zero-order valence-corrected chi connectivity index (χ0v) is 11.0. The van der Waals surface area contributed by atoms with E-state index in [0.717, 1.165) is 11.0 Å². The van der Waals surface area contributed by atoms with Crippen LogP contribution in [0.2, 0.25) is 0 Å². The van der Waals surface area contributed by atoms with Gasteiger partial charge in [-0.15, -0.1) is 0 Å². The molecule has 1 aliphatic rings. The van der Waals surface area contributed by atoms with Crippen LogP contribution in [0.15, 0.2) is 46.9 Å². The van der Waals surface area contributed by atoms with E-state index in [4.69, 9.17) is 19.6 Å². The van der Waals surface area contributed by atoms with Crippen LogP contribution in [0.1, 0.15) is 10.4 Å². The molecule has 1 amide bonds. The number of nitrogens with two attached hydrogens (primary N) is 1. The van der Waals surface area contributed by atoms with E-state index in [1.807, 2.05) is 30.3 Å². The van der Waals surface area contributed by atoms with Crippen molar-refractivity contribution in [1.29, 1.82) is 0 Å². The molecule has 0 spiro atoms. The van der Waals surface area contributed by atoms with Gasteiger partial charge in [0, 0.05) is 10.9 Å². The van der Waals surface area contributed by atoms with Crippen LogP contribution >= 0.6 is 0 Å². The highest BCUT2D eigenvalue weighted by Crippen LogP contribution is 2.40. The molecule has 21 heavy (non-hydrogen) atoms. The number of hydrogen-bond acceptors (Lipinski definition) is 4. The molecule has 0 saturated heterocycles. The van der Waals surface area contributed by atoms with E-state index in [-0.39, 0.29) is 6.79 Å². The number of carbonyl (C=O) groups excluding carboxylic acids is 1. The van der Waals surface area contributed by atoms with Crippen LogP contribution in [0.25, 0.3) is 22.3 Å². The van der Waals surface area contributed by atoms with Crippen molar-refractivity contribution >= 4 is 16.9 Å². The number of ether oxygens (including phenoxy) is 2. The highest BCUT2D eigenvalue weighted by molar-refractivity contribution is 6.01. The van der Waals surface area contributed by atoms with Gasteiger partial charge in [-0.1, -0.05) is 18.2 Å². The Bertz CT molecular complexity index is 833. The summed E-state index contributed by atoms with van der Waals surface area (Å²) >= 11 is 0. The third-order valence-electron chi connectivity index (χ3n) is 3.47. The molecule has 2 heterocycles. The minimum Gasteiger partial charge on any atom is -0.456 e. The van der Waals surface area contributed by atoms with E-state index in [1.54, 1.807) is 12.1 Å². The first-order valence-electron chi connectivity index (χ1n) is 6.45. The first-order valence-corrected chi connectivity index (χ1v) is 6.45. The third-order valence-corrected chi connectivity index (χ3v) is 3.47. The molecule has 5 heteroatoms. The Hall–Kier alpha value is -2.95. The maximum atomic E-state index is 11.7. The molecule has 3 aromatic rings. The zero-order valence-electron chi connectivity index (χ0n) is 11.0. The van der Waals surface area contributed by atoms with E-state index >= 15 is 0 Å². The number of amides is 1. The molecule has 0 atom stereocenters. The van der Waals surface area contributed by atoms with Crippen LogP contribution in [-0.4, -0.2) is 12.7 Å². The van der Waals surface area contributed by atoms with Crippen LogP contribution in [-0.2, 0) is 0 Å². The van der Waals surface area contributed by atoms with E-state index in [9.17, 15) is 4.79 Å². The molecule has 2 aromatic carbocycles. The van der Waals surface area contributed by atoms with Crippen molar-refractivity contribution in [2.45, 2.75) is 0 Å². The smallest absolute Gasteiger partial charge is 0.249 e. The topological polar surface area (TPSA) is 74.7 Å². The number of benzene rings is 2. The zero-order chi connectivity index (χ0) is 14.4. The lowest BCUT2D eigenvalue weighted by Crippen LogP contribution is -2.12. The summed E-state index contributed by atoms with van der Waals surface area (Å²) < 4.78 is 16.4. The minimum atomic E-state index is -0.538. The van der Waals surface area contributed by atoms with E-state index in [0.29, 0.717) is 28.4 Å². The number of furan rings is 1. The molecule has 0 radical (unpaired) electrons. The monoisotopic (exact) mass is 281 g/mol. The van der Waals surface area contributed by atoms with Gasteiger partial charge in [-0.25, -0.2) is 0 Å². The first-order chi connectivity index (χ1) is 10.2. The van der Waals surface area contributed by atoms with Crippen LogP contribution in [0.5, 0.6) is 11.5 Å². The molecule has 0 fully saturated rings. The number of carbonyl (C=O) groups is 1. The molecule has 1 aliphatic heterocycles. The van der Waals surface area contributed by atoms with Crippen molar-refractivity contribution in [3.05, 3.63) is 48.0 Å². The molecule has 104 valence electrons. The summed E-state index contributed by atoms with van der Waals surface area (Å²) in [5.41, 5.74) is 7.16. The number of hydrogen-bond donors (Lipinski definition) is 1. The van der Waals surface area contributed by atoms with Gasteiger partial charge in [0.05, 0.1) is 5.56 Å². The van der Waals surface area contributed by atoms with Crippen LogP contribution < -0.4 is 15.2 Å². The quantitative estimate of drug-likeness (QED) is 0.783. The summed E-state index contributed by atoms with van der Waals surface area (Å²) in [6, 6.07) is 12.8. The van der Waals surface area contributed by atoms with Gasteiger partial charge >= 0.3 is 0 Å². The lowest BCUT2D eigenvalue weighted by Gasteiger charge is -2.06. The highest BCUT2D eigenvalue weighted by Gasteiger charge is 2.22. The number of rotatable bonds is 2. The van der Waals surface area contributed by atoms with Crippen molar-refractivity contribution in [2.24, 2.45) is 5.73 Å². The molecule has 0 saturated carbocycles. The van der Waals surface area contributed by atoms with Crippen LogP contribution in [0, 0.1) is 0 Å². The first kappa shape index (κ1) is 11.8. The molecule has 0 unspecified atom stereocenters. The Morgan fingerprint density at radius 3 is 2.57 bits per heavy atom. The van der Waals surface area contributed by atoms with Gasteiger partial charge in [-0.2, -0.15) is 0 Å². The lowest BCUT2D eigenvalue weighted by atomic mass is 10.0. The van der Waals surface area contributed by atoms with E-state index in [2.05, 4.69) is 0 Å². The van der Waals surface area contributed by atoms with Crippen LogP contribution in [0.3, 0.4) is 0 Å². The van der Waals surface area contributed by atoms with Crippen LogP contribution in [0.4, 0.5) is 0 Å². The Kier molecular flexibility index (Phi) is 2.41. The number of fused-ring (bicyclic) bond motifs is 2. The fourth-order valence-corrected chi connectivity index (χ4v) is 2.46.